The van der Waals surface area contributed by atoms with Gasteiger partial charge in [0.25, 0.3) is 0 Å². The third-order valence-corrected chi connectivity index (χ3v) is 3.14. The number of aliphatic hydroxyl groups is 1. The Hall–Kier alpha value is -1.06. The molecule has 1 atom stereocenters. The van der Waals surface area contributed by atoms with Crippen molar-refractivity contribution in [2.75, 3.05) is 18.8 Å². The molecule has 1 aromatic carbocycles. The number of nitrogens with zero attached hydrogens (tertiary/aromatic N) is 1. The van der Waals surface area contributed by atoms with Crippen molar-refractivity contribution in [3.63, 3.8) is 0 Å². The fourth-order valence-electron chi connectivity index (χ4n) is 2.34. The first-order valence-corrected chi connectivity index (χ1v) is 5.84. The van der Waals surface area contributed by atoms with E-state index in [1.165, 1.54) is 5.56 Å². The van der Waals surface area contributed by atoms with Crippen LogP contribution in [0.2, 0.25) is 0 Å². The Morgan fingerprint density at radius 3 is 2.69 bits per heavy atom. The first kappa shape index (κ1) is 11.4. The minimum absolute atomic E-state index is 0.522. The van der Waals surface area contributed by atoms with Gasteiger partial charge in [0.05, 0.1) is 5.60 Å². The SMILES string of the molecule is CC1(O)CCCN(Cc2ccc(N)cc2)C1. The van der Waals surface area contributed by atoms with Gasteiger partial charge in [0.15, 0.2) is 0 Å². The Morgan fingerprint density at radius 1 is 1.38 bits per heavy atom. The van der Waals surface area contributed by atoms with E-state index in [0.29, 0.717) is 0 Å². The van der Waals surface area contributed by atoms with Gasteiger partial charge in [-0.15, -0.1) is 0 Å². The summed E-state index contributed by atoms with van der Waals surface area (Å²) in [4.78, 5) is 2.30. The zero-order valence-electron chi connectivity index (χ0n) is 9.82. The zero-order valence-corrected chi connectivity index (χ0v) is 9.82. The Kier molecular flexibility index (Phi) is 3.17. The molecule has 1 aromatic rings. The van der Waals surface area contributed by atoms with Gasteiger partial charge in [0.2, 0.25) is 0 Å². The van der Waals surface area contributed by atoms with Crippen molar-refractivity contribution in [3.8, 4) is 0 Å². The van der Waals surface area contributed by atoms with E-state index < -0.39 is 5.60 Å². The molecule has 3 N–H and O–H groups in total. The number of nitrogen functional groups attached to an aromatic ring is 1. The van der Waals surface area contributed by atoms with E-state index >= 15 is 0 Å². The minimum atomic E-state index is -0.522. The molecule has 1 unspecified atom stereocenters. The van der Waals surface area contributed by atoms with Crippen molar-refractivity contribution in [3.05, 3.63) is 29.8 Å². The molecule has 0 amide bonds. The second kappa shape index (κ2) is 4.44. The molecule has 0 aliphatic carbocycles. The van der Waals surface area contributed by atoms with Gasteiger partial charge in [0, 0.05) is 18.8 Å². The molecule has 0 bridgehead atoms. The molecule has 1 aliphatic rings. The van der Waals surface area contributed by atoms with E-state index in [-0.39, 0.29) is 0 Å². The molecule has 0 saturated carbocycles. The summed E-state index contributed by atoms with van der Waals surface area (Å²) in [5, 5.41) is 10.0. The first-order valence-electron chi connectivity index (χ1n) is 5.84. The van der Waals surface area contributed by atoms with Crippen molar-refractivity contribution in [2.45, 2.75) is 31.9 Å². The van der Waals surface area contributed by atoms with Gasteiger partial charge >= 0.3 is 0 Å². The van der Waals surface area contributed by atoms with Crippen LogP contribution in [0.15, 0.2) is 24.3 Å². The number of nitrogens with two attached hydrogens (primary N) is 1. The van der Waals surface area contributed by atoms with E-state index in [1.807, 2.05) is 19.1 Å². The van der Waals surface area contributed by atoms with Crippen LogP contribution in [0, 0.1) is 0 Å². The van der Waals surface area contributed by atoms with Crippen LogP contribution in [0.3, 0.4) is 0 Å². The average Bonchev–Trinajstić information content (AvgIpc) is 2.20. The third kappa shape index (κ3) is 2.97. The Bertz CT molecular complexity index is 345. The van der Waals surface area contributed by atoms with Crippen LogP contribution in [0.1, 0.15) is 25.3 Å². The smallest absolute Gasteiger partial charge is 0.0746 e. The Morgan fingerprint density at radius 2 is 2.06 bits per heavy atom. The fourth-order valence-corrected chi connectivity index (χ4v) is 2.34. The van der Waals surface area contributed by atoms with Crippen LogP contribution in [0.4, 0.5) is 5.69 Å². The standard InChI is InChI=1S/C13H20N2O/c1-13(16)7-2-8-15(10-13)9-11-3-5-12(14)6-4-11/h3-6,16H,2,7-10,14H2,1H3. The van der Waals surface area contributed by atoms with Gasteiger partial charge in [-0.1, -0.05) is 12.1 Å². The monoisotopic (exact) mass is 220 g/mol. The van der Waals surface area contributed by atoms with Crippen molar-refractivity contribution in [2.24, 2.45) is 0 Å². The second-order valence-electron chi connectivity index (χ2n) is 5.05. The molecule has 0 radical (unpaired) electrons. The van der Waals surface area contributed by atoms with Crippen molar-refractivity contribution >= 4 is 5.69 Å². The van der Waals surface area contributed by atoms with Gasteiger partial charge in [0.1, 0.15) is 0 Å². The Balaban J connectivity index is 1.97. The average molecular weight is 220 g/mol. The molecule has 3 heteroatoms. The molecule has 88 valence electrons. The second-order valence-corrected chi connectivity index (χ2v) is 5.05. The maximum Gasteiger partial charge on any atom is 0.0746 e. The lowest BCUT2D eigenvalue weighted by Gasteiger charge is -2.36. The lowest BCUT2D eigenvalue weighted by Crippen LogP contribution is -2.45. The number of benzene rings is 1. The van der Waals surface area contributed by atoms with Gasteiger partial charge in [-0.3, -0.25) is 4.90 Å². The molecule has 1 aliphatic heterocycles. The lowest BCUT2D eigenvalue weighted by atomic mass is 9.95. The summed E-state index contributed by atoms with van der Waals surface area (Å²) in [6.45, 7) is 4.65. The van der Waals surface area contributed by atoms with E-state index in [4.69, 9.17) is 5.73 Å². The molecular weight excluding hydrogens is 200 g/mol. The summed E-state index contributed by atoms with van der Waals surface area (Å²) in [5.41, 5.74) is 7.18. The van der Waals surface area contributed by atoms with Gasteiger partial charge < -0.3 is 10.8 Å². The first-order chi connectivity index (χ1) is 7.55. The maximum atomic E-state index is 10.0. The molecule has 2 rings (SSSR count). The zero-order chi connectivity index (χ0) is 11.6. The number of hydrogen-bond acceptors (Lipinski definition) is 3. The van der Waals surface area contributed by atoms with Crippen molar-refractivity contribution < 1.29 is 5.11 Å². The molecule has 16 heavy (non-hydrogen) atoms. The van der Waals surface area contributed by atoms with E-state index in [1.54, 1.807) is 0 Å². The van der Waals surface area contributed by atoms with Crippen LogP contribution >= 0.6 is 0 Å². The van der Waals surface area contributed by atoms with E-state index in [9.17, 15) is 5.11 Å². The summed E-state index contributed by atoms with van der Waals surface area (Å²) in [5.74, 6) is 0. The van der Waals surface area contributed by atoms with Crippen molar-refractivity contribution in [1.82, 2.24) is 4.90 Å². The maximum absolute atomic E-state index is 10.0. The number of anilines is 1. The van der Waals surface area contributed by atoms with Crippen LogP contribution in [-0.4, -0.2) is 28.7 Å². The van der Waals surface area contributed by atoms with Gasteiger partial charge in [-0.25, -0.2) is 0 Å². The summed E-state index contributed by atoms with van der Waals surface area (Å²) >= 11 is 0. The van der Waals surface area contributed by atoms with Crippen molar-refractivity contribution in [1.29, 1.82) is 0 Å². The highest BCUT2D eigenvalue weighted by Crippen LogP contribution is 2.21. The van der Waals surface area contributed by atoms with Crippen LogP contribution in [0.25, 0.3) is 0 Å². The molecule has 3 nitrogen and oxygen atoms in total. The van der Waals surface area contributed by atoms with E-state index in [0.717, 1.165) is 38.2 Å². The summed E-state index contributed by atoms with van der Waals surface area (Å²) in [7, 11) is 0. The predicted molar refractivity (Wildman–Crippen MR) is 66.0 cm³/mol. The topological polar surface area (TPSA) is 49.5 Å². The number of rotatable bonds is 2. The molecule has 0 aromatic heterocycles. The normalized spacial score (nSPS) is 26.9. The van der Waals surface area contributed by atoms with Gasteiger partial charge in [-0.05, 0) is 44.0 Å². The highest BCUT2D eigenvalue weighted by atomic mass is 16.3. The highest BCUT2D eigenvalue weighted by Gasteiger charge is 2.27. The minimum Gasteiger partial charge on any atom is -0.399 e. The number of piperidine rings is 1. The molecule has 1 heterocycles. The predicted octanol–water partition coefficient (Wildman–Crippen LogP) is 1.62. The third-order valence-electron chi connectivity index (χ3n) is 3.14. The summed E-state index contributed by atoms with van der Waals surface area (Å²) < 4.78 is 0. The number of hydrogen-bond donors (Lipinski definition) is 2. The van der Waals surface area contributed by atoms with E-state index in [2.05, 4.69) is 17.0 Å². The quantitative estimate of drug-likeness (QED) is 0.745. The van der Waals surface area contributed by atoms with Crippen LogP contribution < -0.4 is 5.73 Å². The van der Waals surface area contributed by atoms with Crippen LogP contribution in [0.5, 0.6) is 0 Å². The summed E-state index contributed by atoms with van der Waals surface area (Å²) in [6.07, 6.45) is 1.98. The lowest BCUT2D eigenvalue weighted by molar-refractivity contribution is -0.0181. The molecule has 1 saturated heterocycles. The van der Waals surface area contributed by atoms with Gasteiger partial charge in [-0.2, -0.15) is 0 Å². The summed E-state index contributed by atoms with van der Waals surface area (Å²) in [6, 6.07) is 7.96. The largest absolute Gasteiger partial charge is 0.399 e. The molecule has 0 spiro atoms. The van der Waals surface area contributed by atoms with Crippen LogP contribution in [-0.2, 0) is 6.54 Å². The number of likely N-dealkylation sites (tertiary alicyclic amines) is 1. The highest BCUT2D eigenvalue weighted by molar-refractivity contribution is 5.39. The molecular formula is C13H20N2O. The fraction of sp³-hybridized carbons (Fsp3) is 0.538. The number of β-amino-alcohol motifs (C(OH)–C–C–N with tert-alkyl or cyclic N) is 1. The molecule has 1 fully saturated rings. The Labute approximate surface area is 96.9 Å².